The van der Waals surface area contributed by atoms with Gasteiger partial charge in [0.25, 0.3) is 5.91 Å². The largest absolute Gasteiger partial charge is 0.334 e. The average Bonchev–Trinajstić information content (AvgIpc) is 3.17. The molecule has 1 unspecified atom stereocenters. The number of amides is 1. The maximum Gasteiger partial charge on any atom is 0.254 e. The van der Waals surface area contributed by atoms with Crippen molar-refractivity contribution in [2.24, 2.45) is 5.73 Å². The summed E-state index contributed by atoms with van der Waals surface area (Å²) in [4.78, 5) is 19.0. The number of aryl methyl sites for hydroxylation is 1. The Morgan fingerprint density at radius 3 is 2.70 bits per heavy atom. The molecule has 0 saturated carbocycles. The van der Waals surface area contributed by atoms with Crippen LogP contribution in [0.1, 0.15) is 34.6 Å². The van der Waals surface area contributed by atoms with Crippen LogP contribution in [-0.2, 0) is 13.1 Å². The Bertz CT molecular complexity index is 653. The Morgan fingerprint density at radius 1 is 1.35 bits per heavy atom. The summed E-state index contributed by atoms with van der Waals surface area (Å²) < 4.78 is 2.12. The van der Waals surface area contributed by atoms with E-state index in [-0.39, 0.29) is 24.4 Å². The molecule has 5 nitrogen and oxygen atoms in total. The van der Waals surface area contributed by atoms with Gasteiger partial charge in [0.15, 0.2) is 0 Å². The van der Waals surface area contributed by atoms with Crippen LogP contribution in [0.3, 0.4) is 0 Å². The molecule has 1 amide bonds. The van der Waals surface area contributed by atoms with Crippen LogP contribution in [0.4, 0.5) is 0 Å². The van der Waals surface area contributed by atoms with Gasteiger partial charge >= 0.3 is 0 Å². The highest BCUT2D eigenvalue weighted by molar-refractivity contribution is 5.94. The van der Waals surface area contributed by atoms with Gasteiger partial charge in [0, 0.05) is 37.6 Å². The van der Waals surface area contributed by atoms with Crippen molar-refractivity contribution in [2.45, 2.75) is 38.9 Å². The zero-order chi connectivity index (χ0) is 15.5. The Balaban J connectivity index is 0.00000192. The molecule has 0 aliphatic carbocycles. The zero-order valence-electron chi connectivity index (χ0n) is 13.3. The molecule has 0 radical (unpaired) electrons. The fourth-order valence-electron chi connectivity index (χ4n) is 3.07. The van der Waals surface area contributed by atoms with Crippen molar-refractivity contribution in [3.05, 3.63) is 53.6 Å². The van der Waals surface area contributed by atoms with Crippen LogP contribution < -0.4 is 5.73 Å². The summed E-state index contributed by atoms with van der Waals surface area (Å²) in [6.07, 6.45) is 5.89. The monoisotopic (exact) mass is 334 g/mol. The van der Waals surface area contributed by atoms with Crippen molar-refractivity contribution in [2.75, 3.05) is 6.54 Å². The minimum Gasteiger partial charge on any atom is -0.334 e. The van der Waals surface area contributed by atoms with Gasteiger partial charge < -0.3 is 15.2 Å². The van der Waals surface area contributed by atoms with Crippen molar-refractivity contribution in [1.82, 2.24) is 14.5 Å². The summed E-state index contributed by atoms with van der Waals surface area (Å²) in [5.41, 5.74) is 7.39. The van der Waals surface area contributed by atoms with Gasteiger partial charge in [-0.2, -0.15) is 0 Å². The second-order valence-electron chi connectivity index (χ2n) is 5.82. The van der Waals surface area contributed by atoms with Gasteiger partial charge in [0.05, 0.1) is 6.04 Å². The molecular weight excluding hydrogens is 312 g/mol. The number of nitrogens with two attached hydrogens (primary N) is 1. The molecule has 23 heavy (non-hydrogen) atoms. The number of imidazole rings is 1. The number of halogens is 1. The first kappa shape index (κ1) is 17.5. The molecule has 124 valence electrons. The Labute approximate surface area is 142 Å². The van der Waals surface area contributed by atoms with Crippen molar-refractivity contribution in [1.29, 1.82) is 0 Å². The normalized spacial score (nSPS) is 17.1. The minimum atomic E-state index is 0. The van der Waals surface area contributed by atoms with Crippen LogP contribution in [0.15, 0.2) is 36.7 Å². The van der Waals surface area contributed by atoms with Crippen LogP contribution in [0, 0.1) is 6.92 Å². The topological polar surface area (TPSA) is 64.2 Å². The summed E-state index contributed by atoms with van der Waals surface area (Å²) in [5, 5.41) is 0. The average molecular weight is 335 g/mol. The molecule has 1 fully saturated rings. The molecule has 1 saturated heterocycles. The van der Waals surface area contributed by atoms with Crippen LogP contribution >= 0.6 is 12.4 Å². The minimum absolute atomic E-state index is 0. The smallest absolute Gasteiger partial charge is 0.254 e. The lowest BCUT2D eigenvalue weighted by molar-refractivity contribution is 0.0723. The van der Waals surface area contributed by atoms with E-state index in [0.717, 1.165) is 42.9 Å². The number of carbonyl (C=O) groups is 1. The third kappa shape index (κ3) is 3.74. The second kappa shape index (κ2) is 7.62. The molecule has 3 rings (SSSR count). The molecule has 1 atom stereocenters. The number of benzene rings is 1. The number of carbonyl (C=O) groups excluding carboxylic acids is 1. The molecule has 1 aromatic heterocycles. The van der Waals surface area contributed by atoms with Gasteiger partial charge in [-0.05, 0) is 37.5 Å². The van der Waals surface area contributed by atoms with Gasteiger partial charge in [0.1, 0.15) is 5.82 Å². The summed E-state index contributed by atoms with van der Waals surface area (Å²) in [7, 11) is 0. The van der Waals surface area contributed by atoms with E-state index in [1.807, 2.05) is 48.5 Å². The lowest BCUT2D eigenvalue weighted by Gasteiger charge is -2.25. The molecule has 1 aliphatic heterocycles. The van der Waals surface area contributed by atoms with Crippen LogP contribution in [-0.4, -0.2) is 32.9 Å². The van der Waals surface area contributed by atoms with Crippen molar-refractivity contribution >= 4 is 18.3 Å². The maximum absolute atomic E-state index is 12.7. The van der Waals surface area contributed by atoms with E-state index in [1.54, 1.807) is 0 Å². The predicted octanol–water partition coefficient (Wildman–Crippen LogP) is 2.38. The lowest BCUT2D eigenvalue weighted by Crippen LogP contribution is -2.38. The fraction of sp³-hybridized carbons (Fsp3) is 0.412. The Hall–Kier alpha value is -1.85. The summed E-state index contributed by atoms with van der Waals surface area (Å²) in [6.45, 7) is 4.14. The van der Waals surface area contributed by atoms with Gasteiger partial charge in [-0.15, -0.1) is 12.4 Å². The first-order valence-electron chi connectivity index (χ1n) is 7.76. The number of hydrogen-bond donors (Lipinski definition) is 1. The van der Waals surface area contributed by atoms with Crippen LogP contribution in [0.2, 0.25) is 0 Å². The number of likely N-dealkylation sites (tertiary alicyclic amines) is 1. The highest BCUT2D eigenvalue weighted by Gasteiger charge is 2.29. The van der Waals surface area contributed by atoms with Crippen LogP contribution in [0.25, 0.3) is 0 Å². The predicted molar refractivity (Wildman–Crippen MR) is 92.6 cm³/mol. The SMILES string of the molecule is Cc1nccn1CC1CCCN1C(=O)c1ccc(CN)cc1.Cl. The second-order valence-corrected chi connectivity index (χ2v) is 5.82. The van der Waals surface area contributed by atoms with Gasteiger partial charge in [-0.25, -0.2) is 4.98 Å². The number of aromatic nitrogens is 2. The van der Waals surface area contributed by atoms with Crippen LogP contribution in [0.5, 0.6) is 0 Å². The van der Waals surface area contributed by atoms with E-state index in [4.69, 9.17) is 5.73 Å². The first-order chi connectivity index (χ1) is 10.7. The highest BCUT2D eigenvalue weighted by Crippen LogP contribution is 2.22. The number of rotatable bonds is 4. The Morgan fingerprint density at radius 2 is 2.09 bits per heavy atom. The molecule has 1 aliphatic rings. The van der Waals surface area contributed by atoms with E-state index in [9.17, 15) is 4.79 Å². The van der Waals surface area contributed by atoms with Crippen molar-refractivity contribution in [3.63, 3.8) is 0 Å². The molecule has 2 aromatic rings. The van der Waals surface area contributed by atoms with E-state index < -0.39 is 0 Å². The summed E-state index contributed by atoms with van der Waals surface area (Å²) in [6, 6.07) is 7.86. The lowest BCUT2D eigenvalue weighted by atomic mass is 10.1. The maximum atomic E-state index is 12.7. The molecule has 6 heteroatoms. The standard InChI is InChI=1S/C17H22N4O.ClH/c1-13-19-8-10-20(13)12-16-3-2-9-21(16)17(22)15-6-4-14(11-18)5-7-15;/h4-8,10,16H,2-3,9,11-12,18H2,1H3;1H. The van der Waals surface area contributed by atoms with E-state index in [0.29, 0.717) is 6.54 Å². The zero-order valence-corrected chi connectivity index (χ0v) is 14.1. The van der Waals surface area contributed by atoms with Gasteiger partial charge in [-0.1, -0.05) is 12.1 Å². The van der Waals surface area contributed by atoms with E-state index in [2.05, 4.69) is 9.55 Å². The Kier molecular flexibility index (Phi) is 5.80. The van der Waals surface area contributed by atoms with Gasteiger partial charge in [0.2, 0.25) is 0 Å². The molecule has 2 N–H and O–H groups in total. The fourth-order valence-corrected chi connectivity index (χ4v) is 3.07. The number of hydrogen-bond acceptors (Lipinski definition) is 3. The summed E-state index contributed by atoms with van der Waals surface area (Å²) >= 11 is 0. The number of nitrogens with zero attached hydrogens (tertiary/aromatic N) is 3. The van der Waals surface area contributed by atoms with Gasteiger partial charge in [-0.3, -0.25) is 4.79 Å². The van der Waals surface area contributed by atoms with Crippen molar-refractivity contribution in [3.8, 4) is 0 Å². The van der Waals surface area contributed by atoms with E-state index >= 15 is 0 Å². The molecule has 0 spiro atoms. The third-order valence-electron chi connectivity index (χ3n) is 4.41. The molecule has 0 bridgehead atoms. The van der Waals surface area contributed by atoms with E-state index in [1.165, 1.54) is 0 Å². The first-order valence-corrected chi connectivity index (χ1v) is 7.76. The molecule has 1 aromatic carbocycles. The quantitative estimate of drug-likeness (QED) is 0.933. The van der Waals surface area contributed by atoms with Crippen molar-refractivity contribution < 1.29 is 4.79 Å². The summed E-state index contributed by atoms with van der Waals surface area (Å²) in [5.74, 6) is 1.11. The molecule has 2 heterocycles. The highest BCUT2D eigenvalue weighted by atomic mass is 35.5. The third-order valence-corrected chi connectivity index (χ3v) is 4.41. The molecular formula is C17H23ClN4O.